The first-order valence-corrected chi connectivity index (χ1v) is 7.34. The lowest BCUT2D eigenvalue weighted by Crippen LogP contribution is -2.27. The summed E-state index contributed by atoms with van der Waals surface area (Å²) >= 11 is 0. The molecule has 0 aliphatic rings. The zero-order valence-electron chi connectivity index (χ0n) is 11.0. The van der Waals surface area contributed by atoms with Crippen molar-refractivity contribution in [1.82, 2.24) is 4.72 Å². The molecule has 6 nitrogen and oxygen atoms in total. The third kappa shape index (κ3) is 4.22. The summed E-state index contributed by atoms with van der Waals surface area (Å²) < 4.78 is 31.0. The van der Waals surface area contributed by atoms with Gasteiger partial charge in [0.15, 0.2) is 0 Å². The van der Waals surface area contributed by atoms with Gasteiger partial charge in [-0.3, -0.25) is 4.79 Å². The van der Waals surface area contributed by atoms with Crippen LogP contribution in [0.2, 0.25) is 0 Å². The van der Waals surface area contributed by atoms with Gasteiger partial charge < -0.3 is 10.5 Å². The molecule has 1 rings (SSSR count). The van der Waals surface area contributed by atoms with E-state index >= 15 is 0 Å². The maximum absolute atomic E-state index is 12.1. The predicted octanol–water partition coefficient (Wildman–Crippen LogP) is 0.673. The summed E-state index contributed by atoms with van der Waals surface area (Å²) in [5.74, 6) is -0.467. The highest BCUT2D eigenvalue weighted by atomic mass is 32.2. The van der Waals surface area contributed by atoms with Crippen LogP contribution in [-0.2, 0) is 26.0 Å². The van der Waals surface area contributed by atoms with Crippen LogP contribution in [0.4, 0.5) is 5.69 Å². The number of hydrogen-bond donors (Lipinski definition) is 2. The number of rotatable bonds is 6. The predicted molar refractivity (Wildman–Crippen MR) is 72.1 cm³/mol. The smallest absolute Gasteiger partial charge is 0.306 e. The molecule has 1 aromatic carbocycles. The Morgan fingerprint density at radius 1 is 1.42 bits per heavy atom. The van der Waals surface area contributed by atoms with Gasteiger partial charge >= 0.3 is 5.97 Å². The van der Waals surface area contributed by atoms with E-state index < -0.39 is 16.0 Å². The molecule has 7 heteroatoms. The van der Waals surface area contributed by atoms with E-state index in [9.17, 15) is 13.2 Å². The number of anilines is 1. The van der Waals surface area contributed by atoms with Crippen molar-refractivity contribution in [2.24, 2.45) is 0 Å². The summed E-state index contributed by atoms with van der Waals surface area (Å²) in [5.41, 5.74) is 6.67. The Morgan fingerprint density at radius 2 is 2.11 bits per heavy atom. The Morgan fingerprint density at radius 3 is 2.68 bits per heavy atom. The molecule has 0 spiro atoms. The van der Waals surface area contributed by atoms with Gasteiger partial charge in [-0.25, -0.2) is 13.1 Å². The Balaban J connectivity index is 2.88. The third-order valence-electron chi connectivity index (χ3n) is 2.61. The van der Waals surface area contributed by atoms with Crippen molar-refractivity contribution in [1.29, 1.82) is 0 Å². The molecular weight excluding hydrogens is 268 g/mol. The molecule has 0 unspecified atom stereocenters. The van der Waals surface area contributed by atoms with E-state index in [0.29, 0.717) is 17.7 Å². The fourth-order valence-electron chi connectivity index (χ4n) is 1.58. The van der Waals surface area contributed by atoms with Gasteiger partial charge in [0, 0.05) is 12.2 Å². The number of aryl methyl sites for hydroxylation is 1. The van der Waals surface area contributed by atoms with Crippen LogP contribution in [0, 0.1) is 0 Å². The molecule has 0 aliphatic carbocycles. The topological polar surface area (TPSA) is 98.5 Å². The van der Waals surface area contributed by atoms with E-state index in [1.165, 1.54) is 13.2 Å². The van der Waals surface area contributed by atoms with Crippen LogP contribution in [0.5, 0.6) is 0 Å². The summed E-state index contributed by atoms with van der Waals surface area (Å²) in [6, 6.07) is 4.76. The van der Waals surface area contributed by atoms with Crippen LogP contribution in [-0.4, -0.2) is 28.0 Å². The lowest BCUT2D eigenvalue weighted by molar-refractivity contribution is -0.140. The quantitative estimate of drug-likeness (QED) is 0.591. The summed E-state index contributed by atoms with van der Waals surface area (Å²) in [7, 11) is -2.41. The van der Waals surface area contributed by atoms with Crippen molar-refractivity contribution in [2.75, 3.05) is 19.4 Å². The van der Waals surface area contributed by atoms with Crippen molar-refractivity contribution < 1.29 is 17.9 Å². The minimum atomic E-state index is -3.67. The number of nitrogens with two attached hydrogens (primary N) is 1. The molecule has 0 amide bonds. The van der Waals surface area contributed by atoms with Crippen LogP contribution < -0.4 is 10.5 Å². The monoisotopic (exact) mass is 286 g/mol. The normalized spacial score (nSPS) is 11.3. The summed E-state index contributed by atoms with van der Waals surface area (Å²) in [6.07, 6.45) is 0.563. The third-order valence-corrected chi connectivity index (χ3v) is 4.15. The van der Waals surface area contributed by atoms with Crippen LogP contribution in [0.25, 0.3) is 0 Å². The number of esters is 1. The maximum atomic E-state index is 12.1. The van der Waals surface area contributed by atoms with E-state index in [4.69, 9.17) is 5.73 Å². The number of sulfonamides is 1. The fraction of sp³-hybridized carbons (Fsp3) is 0.417. The zero-order chi connectivity index (χ0) is 14.5. The number of carbonyl (C=O) groups is 1. The average Bonchev–Trinajstić information content (AvgIpc) is 2.38. The van der Waals surface area contributed by atoms with Gasteiger partial charge in [0.05, 0.1) is 18.4 Å². The molecule has 0 saturated carbocycles. The maximum Gasteiger partial charge on any atom is 0.306 e. The molecule has 106 valence electrons. The van der Waals surface area contributed by atoms with Crippen LogP contribution in [0.15, 0.2) is 23.1 Å². The Kier molecular flexibility index (Phi) is 5.31. The average molecular weight is 286 g/mol. The lowest BCUT2D eigenvalue weighted by atomic mass is 10.1. The van der Waals surface area contributed by atoms with Gasteiger partial charge in [-0.1, -0.05) is 13.0 Å². The summed E-state index contributed by atoms with van der Waals surface area (Å²) in [6.45, 7) is 1.85. The molecule has 1 aromatic rings. The Labute approximate surface area is 113 Å². The second-order valence-corrected chi connectivity index (χ2v) is 5.68. The minimum Gasteiger partial charge on any atom is -0.469 e. The second-order valence-electron chi connectivity index (χ2n) is 3.94. The first kappa shape index (κ1) is 15.5. The highest BCUT2D eigenvalue weighted by molar-refractivity contribution is 7.89. The standard InChI is InChI=1S/C12H18N2O4S/c1-3-9-4-5-10(13)8-11(9)19(16,17)14-7-6-12(15)18-2/h4-5,8,14H,3,6-7,13H2,1-2H3. The Bertz CT molecular complexity index is 555. The molecule has 0 heterocycles. The van der Waals surface area contributed by atoms with E-state index in [2.05, 4.69) is 9.46 Å². The number of nitrogens with one attached hydrogen (secondary N) is 1. The molecule has 0 fully saturated rings. The van der Waals surface area contributed by atoms with Crippen LogP contribution >= 0.6 is 0 Å². The molecule has 0 bridgehead atoms. The zero-order valence-corrected chi connectivity index (χ0v) is 11.8. The van der Waals surface area contributed by atoms with Gasteiger partial charge in [0.2, 0.25) is 10.0 Å². The van der Waals surface area contributed by atoms with E-state index in [1.54, 1.807) is 12.1 Å². The first-order valence-electron chi connectivity index (χ1n) is 5.85. The fourth-order valence-corrected chi connectivity index (χ4v) is 2.96. The van der Waals surface area contributed by atoms with Gasteiger partial charge in [-0.05, 0) is 24.1 Å². The van der Waals surface area contributed by atoms with Crippen LogP contribution in [0.1, 0.15) is 18.9 Å². The number of ether oxygens (including phenoxy) is 1. The van der Waals surface area contributed by atoms with Crippen molar-refractivity contribution in [3.63, 3.8) is 0 Å². The van der Waals surface area contributed by atoms with Crippen LogP contribution in [0.3, 0.4) is 0 Å². The Hall–Kier alpha value is -1.60. The van der Waals surface area contributed by atoms with E-state index in [1.807, 2.05) is 6.92 Å². The number of hydrogen-bond acceptors (Lipinski definition) is 5. The molecular formula is C12H18N2O4S. The minimum absolute atomic E-state index is 0.00698. The van der Waals surface area contributed by atoms with Crippen molar-refractivity contribution in [3.05, 3.63) is 23.8 Å². The highest BCUT2D eigenvalue weighted by Crippen LogP contribution is 2.19. The van der Waals surface area contributed by atoms with Crippen molar-refractivity contribution in [2.45, 2.75) is 24.7 Å². The number of benzene rings is 1. The molecule has 19 heavy (non-hydrogen) atoms. The van der Waals surface area contributed by atoms with Crippen molar-refractivity contribution >= 4 is 21.7 Å². The summed E-state index contributed by atoms with van der Waals surface area (Å²) in [4.78, 5) is 11.1. The number of nitrogen functional groups attached to an aromatic ring is 1. The molecule has 0 atom stereocenters. The lowest BCUT2D eigenvalue weighted by Gasteiger charge is -2.11. The first-order chi connectivity index (χ1) is 8.90. The molecule has 0 radical (unpaired) electrons. The molecule has 0 aromatic heterocycles. The van der Waals surface area contributed by atoms with Gasteiger partial charge in [0.25, 0.3) is 0 Å². The van der Waals surface area contributed by atoms with Gasteiger partial charge in [-0.15, -0.1) is 0 Å². The second kappa shape index (κ2) is 6.53. The number of carbonyl (C=O) groups excluding carboxylic acids is 1. The SMILES string of the molecule is CCc1ccc(N)cc1S(=O)(=O)NCCC(=O)OC. The molecule has 0 aliphatic heterocycles. The van der Waals surface area contributed by atoms with E-state index in [-0.39, 0.29) is 17.9 Å². The highest BCUT2D eigenvalue weighted by Gasteiger charge is 2.18. The van der Waals surface area contributed by atoms with E-state index in [0.717, 1.165) is 0 Å². The largest absolute Gasteiger partial charge is 0.469 e. The number of methoxy groups -OCH3 is 1. The van der Waals surface area contributed by atoms with Gasteiger partial charge in [-0.2, -0.15) is 0 Å². The van der Waals surface area contributed by atoms with Gasteiger partial charge in [0.1, 0.15) is 0 Å². The van der Waals surface area contributed by atoms with Crippen molar-refractivity contribution in [3.8, 4) is 0 Å². The molecule has 0 saturated heterocycles. The molecule has 3 N–H and O–H groups in total. The summed E-state index contributed by atoms with van der Waals surface area (Å²) in [5, 5.41) is 0.